The number of sulfone groups is 1. The van der Waals surface area contributed by atoms with Crippen LogP contribution in [0.1, 0.15) is 18.9 Å². The Morgan fingerprint density at radius 3 is 2.23 bits per heavy atom. The van der Waals surface area contributed by atoms with Gasteiger partial charge < -0.3 is 10.6 Å². The summed E-state index contributed by atoms with van der Waals surface area (Å²) < 4.78 is 24.2. The molecule has 0 heterocycles. The van der Waals surface area contributed by atoms with Gasteiger partial charge in [-0.1, -0.05) is 36.4 Å². The first-order valence-electron chi connectivity index (χ1n) is 8.26. The number of amides is 2. The molecule has 0 aliphatic carbocycles. The van der Waals surface area contributed by atoms with Crippen LogP contribution >= 0.6 is 0 Å². The maximum Gasteiger partial charge on any atom is 0.239 e. The van der Waals surface area contributed by atoms with Crippen molar-refractivity contribution in [2.75, 3.05) is 22.1 Å². The van der Waals surface area contributed by atoms with Gasteiger partial charge in [0.05, 0.1) is 5.75 Å². The third-order valence-corrected chi connectivity index (χ3v) is 5.19. The average Bonchev–Trinajstić information content (AvgIpc) is 2.54. The molecule has 0 fully saturated rings. The van der Waals surface area contributed by atoms with Crippen LogP contribution in [0.4, 0.5) is 11.4 Å². The quantitative estimate of drug-likeness (QED) is 0.743. The van der Waals surface area contributed by atoms with E-state index in [2.05, 4.69) is 10.6 Å². The minimum atomic E-state index is -3.48. The molecule has 7 heteroatoms. The Kier molecular flexibility index (Phi) is 6.91. The number of hydrogen-bond acceptors (Lipinski definition) is 4. The summed E-state index contributed by atoms with van der Waals surface area (Å²) in [5.74, 6) is -1.42. The van der Waals surface area contributed by atoms with Crippen LogP contribution in [0.2, 0.25) is 0 Å². The zero-order chi connectivity index (χ0) is 19.0. The summed E-state index contributed by atoms with van der Waals surface area (Å²) in [7, 11) is -3.48. The first-order chi connectivity index (χ1) is 12.3. The molecule has 2 amide bonds. The molecule has 0 unspecified atom stereocenters. The Labute approximate surface area is 153 Å². The van der Waals surface area contributed by atoms with Crippen molar-refractivity contribution in [3.05, 3.63) is 60.2 Å². The highest BCUT2D eigenvalue weighted by Gasteiger charge is 2.16. The fraction of sp³-hybridized carbons (Fsp3) is 0.263. The Bertz CT molecular complexity index is 864. The molecule has 2 rings (SSSR count). The largest absolute Gasteiger partial charge is 0.326 e. The first-order valence-corrected chi connectivity index (χ1v) is 10.1. The summed E-state index contributed by atoms with van der Waals surface area (Å²) in [6.07, 6.45) is 1.12. The monoisotopic (exact) mass is 374 g/mol. The third-order valence-electron chi connectivity index (χ3n) is 3.58. The highest BCUT2D eigenvalue weighted by Crippen LogP contribution is 2.15. The lowest BCUT2D eigenvalue weighted by Gasteiger charge is -2.08. The van der Waals surface area contributed by atoms with E-state index in [4.69, 9.17) is 0 Å². The summed E-state index contributed by atoms with van der Waals surface area (Å²) in [5.41, 5.74) is 2.03. The molecule has 0 radical (unpaired) electrons. The molecule has 6 nitrogen and oxygen atoms in total. The van der Waals surface area contributed by atoms with Crippen LogP contribution in [-0.4, -0.2) is 31.7 Å². The maximum atomic E-state index is 12.1. The predicted octanol–water partition coefficient (Wildman–Crippen LogP) is 2.63. The van der Waals surface area contributed by atoms with Crippen LogP contribution in [-0.2, 0) is 25.8 Å². The molecule has 138 valence electrons. The zero-order valence-corrected chi connectivity index (χ0v) is 15.4. The van der Waals surface area contributed by atoms with Gasteiger partial charge in [-0.2, -0.15) is 0 Å². The van der Waals surface area contributed by atoms with Gasteiger partial charge in [-0.15, -0.1) is 0 Å². The number of aryl methyl sites for hydroxylation is 1. The maximum absolute atomic E-state index is 12.1. The predicted molar refractivity (Wildman–Crippen MR) is 103 cm³/mol. The van der Waals surface area contributed by atoms with Crippen LogP contribution in [0.3, 0.4) is 0 Å². The van der Waals surface area contributed by atoms with Gasteiger partial charge in [-0.3, -0.25) is 9.59 Å². The van der Waals surface area contributed by atoms with Crippen LogP contribution in [0.5, 0.6) is 0 Å². The summed E-state index contributed by atoms with van der Waals surface area (Å²) in [6.45, 7) is 1.38. The SMILES string of the molecule is CC(=O)Nc1cccc(NC(=O)CS(=O)(=O)CCCc2ccccc2)c1. The lowest BCUT2D eigenvalue weighted by atomic mass is 10.1. The Morgan fingerprint density at radius 1 is 0.923 bits per heavy atom. The van der Waals surface area contributed by atoms with Crippen LogP contribution in [0, 0.1) is 0 Å². The molecule has 2 aromatic carbocycles. The number of rotatable bonds is 8. The molecule has 0 bridgehead atoms. The van der Waals surface area contributed by atoms with Crippen molar-refractivity contribution < 1.29 is 18.0 Å². The molecule has 0 spiro atoms. The number of nitrogens with one attached hydrogen (secondary N) is 2. The topological polar surface area (TPSA) is 92.3 Å². The molecule has 2 N–H and O–H groups in total. The van der Waals surface area contributed by atoms with E-state index in [1.807, 2.05) is 30.3 Å². The van der Waals surface area contributed by atoms with Crippen molar-refractivity contribution in [3.8, 4) is 0 Å². The summed E-state index contributed by atoms with van der Waals surface area (Å²) in [5, 5.41) is 5.15. The third kappa shape index (κ3) is 7.06. The second kappa shape index (κ2) is 9.15. The van der Waals surface area contributed by atoms with Crippen molar-refractivity contribution in [1.29, 1.82) is 0 Å². The highest BCUT2D eigenvalue weighted by molar-refractivity contribution is 7.92. The molecule has 0 aliphatic heterocycles. The highest BCUT2D eigenvalue weighted by atomic mass is 32.2. The van der Waals surface area contributed by atoms with Crippen molar-refractivity contribution >= 4 is 33.0 Å². The van der Waals surface area contributed by atoms with Crippen LogP contribution < -0.4 is 10.6 Å². The summed E-state index contributed by atoms with van der Waals surface area (Å²) >= 11 is 0. The number of hydrogen-bond donors (Lipinski definition) is 2. The van der Waals surface area contributed by atoms with Gasteiger partial charge in [0.1, 0.15) is 5.75 Å². The molecule has 0 atom stereocenters. The Hall–Kier alpha value is -2.67. The average molecular weight is 374 g/mol. The normalized spacial score (nSPS) is 11.0. The van der Waals surface area contributed by atoms with E-state index in [0.717, 1.165) is 5.56 Å². The van der Waals surface area contributed by atoms with E-state index in [-0.39, 0.29) is 11.7 Å². The molecular formula is C19H22N2O4S. The van der Waals surface area contributed by atoms with Gasteiger partial charge in [0, 0.05) is 18.3 Å². The fourth-order valence-electron chi connectivity index (χ4n) is 2.49. The summed E-state index contributed by atoms with van der Waals surface area (Å²) in [6, 6.07) is 16.2. The lowest BCUT2D eigenvalue weighted by Crippen LogP contribution is -2.25. The van der Waals surface area contributed by atoms with Crippen molar-refractivity contribution in [3.63, 3.8) is 0 Å². The van der Waals surface area contributed by atoms with Gasteiger partial charge in [-0.05, 0) is 36.6 Å². The van der Waals surface area contributed by atoms with E-state index < -0.39 is 21.5 Å². The minimum absolute atomic E-state index is 0.0404. The number of carbonyl (C=O) groups excluding carboxylic acids is 2. The van der Waals surface area contributed by atoms with Gasteiger partial charge in [0.15, 0.2) is 9.84 Å². The number of anilines is 2. The molecule has 0 aliphatic rings. The number of carbonyl (C=O) groups is 2. The number of benzene rings is 2. The van der Waals surface area contributed by atoms with Gasteiger partial charge in [0.25, 0.3) is 0 Å². The van der Waals surface area contributed by atoms with Gasteiger partial charge in [-0.25, -0.2) is 8.42 Å². The van der Waals surface area contributed by atoms with Crippen molar-refractivity contribution in [2.45, 2.75) is 19.8 Å². The van der Waals surface area contributed by atoms with Gasteiger partial charge in [0.2, 0.25) is 11.8 Å². The van der Waals surface area contributed by atoms with E-state index in [1.165, 1.54) is 6.92 Å². The van der Waals surface area contributed by atoms with Crippen LogP contribution in [0.15, 0.2) is 54.6 Å². The smallest absolute Gasteiger partial charge is 0.239 e. The standard InChI is InChI=1S/C19H22N2O4S/c1-15(22)20-17-10-5-11-18(13-17)21-19(23)14-26(24,25)12-6-9-16-7-3-2-4-8-16/h2-5,7-8,10-11,13H,6,9,12,14H2,1H3,(H,20,22)(H,21,23). The second-order valence-corrected chi connectivity index (χ2v) is 8.18. The minimum Gasteiger partial charge on any atom is -0.326 e. The molecular weight excluding hydrogens is 352 g/mol. The van der Waals surface area contributed by atoms with Gasteiger partial charge >= 0.3 is 0 Å². The Balaban J connectivity index is 1.85. The van der Waals surface area contributed by atoms with E-state index in [0.29, 0.717) is 24.2 Å². The Morgan fingerprint density at radius 2 is 1.58 bits per heavy atom. The van der Waals surface area contributed by atoms with Crippen LogP contribution in [0.25, 0.3) is 0 Å². The van der Waals surface area contributed by atoms with Crippen molar-refractivity contribution in [1.82, 2.24) is 0 Å². The molecule has 2 aromatic rings. The molecule has 0 saturated carbocycles. The lowest BCUT2D eigenvalue weighted by molar-refractivity contribution is -0.114. The fourth-order valence-corrected chi connectivity index (χ4v) is 3.69. The molecule has 0 saturated heterocycles. The first kappa shape index (κ1) is 19.7. The zero-order valence-electron chi connectivity index (χ0n) is 14.6. The molecule has 26 heavy (non-hydrogen) atoms. The van der Waals surface area contributed by atoms with Crippen molar-refractivity contribution in [2.24, 2.45) is 0 Å². The van der Waals surface area contributed by atoms with E-state index in [1.54, 1.807) is 24.3 Å². The second-order valence-electron chi connectivity index (χ2n) is 5.99. The summed E-state index contributed by atoms with van der Waals surface area (Å²) in [4.78, 5) is 23.1. The van der Waals surface area contributed by atoms with E-state index >= 15 is 0 Å². The van der Waals surface area contributed by atoms with E-state index in [9.17, 15) is 18.0 Å². The molecule has 0 aromatic heterocycles.